The number of carbonyl (C=O) groups is 1. The number of benzene rings is 2. The van der Waals surface area contributed by atoms with Crippen LogP contribution in [0.1, 0.15) is 21.5 Å². The first-order chi connectivity index (χ1) is 13.5. The second-order valence-corrected chi connectivity index (χ2v) is 9.02. The fourth-order valence-electron chi connectivity index (χ4n) is 3.03. The SMILES string of the molecule is Cc1ccc(C(=O)N2CCN(S(=O)(=O)c3cc(C(F)(F)F)ccc3Cl)CC2)cc1. The number of amides is 1. The summed E-state index contributed by atoms with van der Waals surface area (Å²) in [5, 5.41) is -0.281. The first kappa shape index (κ1) is 21.6. The molecule has 10 heteroatoms. The molecule has 0 N–H and O–H groups in total. The summed E-state index contributed by atoms with van der Waals surface area (Å²) >= 11 is 5.88. The van der Waals surface area contributed by atoms with Crippen LogP contribution in [0.2, 0.25) is 5.02 Å². The lowest BCUT2D eigenvalue weighted by atomic mass is 10.1. The molecule has 0 aromatic heterocycles. The van der Waals surface area contributed by atoms with Gasteiger partial charge in [-0.15, -0.1) is 0 Å². The van der Waals surface area contributed by atoms with Gasteiger partial charge in [0, 0.05) is 31.7 Å². The molecule has 3 rings (SSSR count). The van der Waals surface area contributed by atoms with E-state index in [0.717, 1.165) is 22.0 Å². The molecule has 1 aliphatic rings. The number of carbonyl (C=O) groups excluding carboxylic acids is 1. The van der Waals surface area contributed by atoms with Crippen LogP contribution in [0.3, 0.4) is 0 Å². The number of aryl methyl sites for hydroxylation is 1. The summed E-state index contributed by atoms with van der Waals surface area (Å²) in [6, 6.07) is 9.22. The van der Waals surface area contributed by atoms with Gasteiger partial charge in [-0.1, -0.05) is 29.3 Å². The van der Waals surface area contributed by atoms with Crippen LogP contribution in [0.15, 0.2) is 47.4 Å². The second kappa shape index (κ2) is 7.97. The highest BCUT2D eigenvalue weighted by Gasteiger charge is 2.36. The van der Waals surface area contributed by atoms with Crippen LogP contribution >= 0.6 is 11.6 Å². The quantitative estimate of drug-likeness (QED) is 0.720. The molecule has 5 nitrogen and oxygen atoms in total. The standard InChI is InChI=1S/C19H18ClF3N2O3S/c1-13-2-4-14(5-3-13)18(26)24-8-10-25(11-9-24)29(27,28)17-12-15(19(21,22)23)6-7-16(17)20/h2-7,12H,8-11H2,1H3. The zero-order valence-corrected chi connectivity index (χ0v) is 17.0. The van der Waals surface area contributed by atoms with E-state index in [2.05, 4.69) is 0 Å². The van der Waals surface area contributed by atoms with Crippen molar-refractivity contribution in [3.8, 4) is 0 Å². The molecule has 1 saturated heterocycles. The molecule has 1 fully saturated rings. The van der Waals surface area contributed by atoms with E-state index in [1.807, 2.05) is 19.1 Å². The summed E-state index contributed by atoms with van der Waals surface area (Å²) in [7, 11) is -4.23. The Hall–Kier alpha value is -2.10. The van der Waals surface area contributed by atoms with E-state index in [1.165, 1.54) is 4.90 Å². The van der Waals surface area contributed by atoms with Crippen molar-refractivity contribution in [3.05, 3.63) is 64.2 Å². The van der Waals surface area contributed by atoms with Crippen molar-refractivity contribution in [2.45, 2.75) is 18.0 Å². The van der Waals surface area contributed by atoms with Gasteiger partial charge in [-0.05, 0) is 37.3 Å². The zero-order valence-electron chi connectivity index (χ0n) is 15.4. The minimum Gasteiger partial charge on any atom is -0.336 e. The zero-order chi connectivity index (χ0) is 21.4. The largest absolute Gasteiger partial charge is 0.416 e. The van der Waals surface area contributed by atoms with Crippen molar-refractivity contribution < 1.29 is 26.4 Å². The van der Waals surface area contributed by atoms with Crippen molar-refractivity contribution >= 4 is 27.5 Å². The van der Waals surface area contributed by atoms with Gasteiger partial charge < -0.3 is 4.90 Å². The average molecular weight is 447 g/mol. The average Bonchev–Trinajstić information content (AvgIpc) is 2.67. The van der Waals surface area contributed by atoms with E-state index in [1.54, 1.807) is 12.1 Å². The number of hydrogen-bond donors (Lipinski definition) is 0. The molecule has 0 unspecified atom stereocenters. The summed E-state index contributed by atoms with van der Waals surface area (Å²) in [5.74, 6) is -0.223. The van der Waals surface area contributed by atoms with Crippen molar-refractivity contribution in [2.24, 2.45) is 0 Å². The van der Waals surface area contributed by atoms with E-state index >= 15 is 0 Å². The maximum atomic E-state index is 13.0. The fourth-order valence-corrected chi connectivity index (χ4v) is 4.95. The van der Waals surface area contributed by atoms with Crippen molar-refractivity contribution in [1.82, 2.24) is 9.21 Å². The van der Waals surface area contributed by atoms with Crippen LogP contribution in [0.4, 0.5) is 13.2 Å². The molecular formula is C19H18ClF3N2O3S. The lowest BCUT2D eigenvalue weighted by Gasteiger charge is -2.34. The Balaban J connectivity index is 1.76. The minimum atomic E-state index is -4.69. The van der Waals surface area contributed by atoms with Gasteiger partial charge >= 0.3 is 6.18 Å². The first-order valence-electron chi connectivity index (χ1n) is 8.73. The molecule has 0 radical (unpaired) electrons. The van der Waals surface area contributed by atoms with Gasteiger partial charge in [-0.25, -0.2) is 8.42 Å². The number of sulfonamides is 1. The van der Waals surface area contributed by atoms with Crippen LogP contribution in [0.5, 0.6) is 0 Å². The summed E-state index contributed by atoms with van der Waals surface area (Å²) in [6.45, 7) is 2.08. The summed E-state index contributed by atoms with van der Waals surface area (Å²) < 4.78 is 65.6. The van der Waals surface area contributed by atoms with Gasteiger partial charge in [0.15, 0.2) is 0 Å². The minimum absolute atomic E-state index is 0.0352. The smallest absolute Gasteiger partial charge is 0.336 e. The number of halogens is 4. The van der Waals surface area contributed by atoms with E-state index in [4.69, 9.17) is 11.6 Å². The summed E-state index contributed by atoms with van der Waals surface area (Å²) in [5.41, 5.74) is 0.414. The molecular weight excluding hydrogens is 429 g/mol. The number of hydrogen-bond acceptors (Lipinski definition) is 3. The normalized spacial score (nSPS) is 16.1. The molecule has 2 aromatic rings. The summed E-state index contributed by atoms with van der Waals surface area (Å²) in [4.78, 5) is 13.5. The number of rotatable bonds is 3. The van der Waals surface area contributed by atoms with Crippen LogP contribution in [0, 0.1) is 6.92 Å². The van der Waals surface area contributed by atoms with E-state index < -0.39 is 26.7 Å². The first-order valence-corrected chi connectivity index (χ1v) is 10.5. The molecule has 2 aromatic carbocycles. The third-order valence-corrected chi connectivity index (χ3v) is 7.08. The Morgan fingerprint density at radius 3 is 2.14 bits per heavy atom. The van der Waals surface area contributed by atoms with Crippen LogP contribution in [-0.2, 0) is 16.2 Å². The maximum absolute atomic E-state index is 13.0. The molecule has 1 aliphatic heterocycles. The Bertz CT molecular complexity index is 1020. The van der Waals surface area contributed by atoms with Gasteiger partial charge in [-0.3, -0.25) is 4.79 Å². The molecule has 29 heavy (non-hydrogen) atoms. The lowest BCUT2D eigenvalue weighted by Crippen LogP contribution is -2.50. The molecule has 156 valence electrons. The third-order valence-electron chi connectivity index (χ3n) is 4.70. The van der Waals surface area contributed by atoms with E-state index in [-0.39, 0.29) is 37.1 Å². The Morgan fingerprint density at radius 1 is 1.00 bits per heavy atom. The molecule has 0 aliphatic carbocycles. The van der Waals surface area contributed by atoms with Gasteiger partial charge in [0.2, 0.25) is 10.0 Å². The van der Waals surface area contributed by atoms with Gasteiger partial charge in [-0.2, -0.15) is 17.5 Å². The molecule has 0 saturated carbocycles. The highest BCUT2D eigenvalue weighted by molar-refractivity contribution is 7.89. The van der Waals surface area contributed by atoms with Gasteiger partial charge in [0.1, 0.15) is 4.90 Å². The molecule has 0 bridgehead atoms. The topological polar surface area (TPSA) is 57.7 Å². The molecule has 1 heterocycles. The summed E-state index contributed by atoms with van der Waals surface area (Å²) in [6.07, 6.45) is -4.69. The predicted octanol–water partition coefficient (Wildman–Crippen LogP) is 3.81. The highest BCUT2D eigenvalue weighted by Crippen LogP contribution is 2.34. The Labute approximate surface area is 171 Å². The fraction of sp³-hybridized carbons (Fsp3) is 0.316. The molecule has 0 atom stereocenters. The van der Waals surface area contributed by atoms with Crippen LogP contribution in [0.25, 0.3) is 0 Å². The number of alkyl halides is 3. The van der Waals surface area contributed by atoms with E-state index in [9.17, 15) is 26.4 Å². The van der Waals surface area contributed by atoms with E-state index in [0.29, 0.717) is 11.6 Å². The maximum Gasteiger partial charge on any atom is 0.416 e. The van der Waals surface area contributed by atoms with Crippen LogP contribution in [-0.4, -0.2) is 49.7 Å². The lowest BCUT2D eigenvalue weighted by molar-refractivity contribution is -0.137. The predicted molar refractivity (Wildman–Crippen MR) is 102 cm³/mol. The van der Waals surface area contributed by atoms with Crippen molar-refractivity contribution in [1.29, 1.82) is 0 Å². The highest BCUT2D eigenvalue weighted by atomic mass is 35.5. The molecule has 1 amide bonds. The van der Waals surface area contributed by atoms with Crippen LogP contribution < -0.4 is 0 Å². The molecule has 0 spiro atoms. The number of piperazine rings is 1. The third kappa shape index (κ3) is 4.57. The Morgan fingerprint density at radius 2 is 1.59 bits per heavy atom. The Kier molecular flexibility index (Phi) is 5.93. The van der Waals surface area contributed by atoms with Gasteiger partial charge in [0.05, 0.1) is 10.6 Å². The van der Waals surface area contributed by atoms with Crippen molar-refractivity contribution in [2.75, 3.05) is 26.2 Å². The van der Waals surface area contributed by atoms with Crippen molar-refractivity contribution in [3.63, 3.8) is 0 Å². The number of nitrogens with zero attached hydrogens (tertiary/aromatic N) is 2. The van der Waals surface area contributed by atoms with Gasteiger partial charge in [0.25, 0.3) is 5.91 Å². The monoisotopic (exact) mass is 446 g/mol. The second-order valence-electron chi connectivity index (χ2n) is 6.71.